The van der Waals surface area contributed by atoms with Crippen molar-refractivity contribution >= 4 is 23.9 Å². The van der Waals surface area contributed by atoms with Crippen LogP contribution in [0.1, 0.15) is 71.3 Å². The summed E-state index contributed by atoms with van der Waals surface area (Å²) >= 11 is 0. The molecule has 2 N–H and O–H groups in total. The smallest absolute Gasteiger partial charge is 0.410 e. The van der Waals surface area contributed by atoms with Gasteiger partial charge in [-0.15, -0.1) is 0 Å². The Morgan fingerprint density at radius 1 is 1.05 bits per heavy atom. The van der Waals surface area contributed by atoms with E-state index in [1.54, 1.807) is 9.80 Å². The molecule has 3 aliphatic rings. The molecule has 0 radical (unpaired) electrons. The van der Waals surface area contributed by atoms with E-state index in [1.807, 2.05) is 39.0 Å². The molecule has 0 unspecified atom stereocenters. The van der Waals surface area contributed by atoms with Crippen LogP contribution < -0.4 is 14.8 Å². The van der Waals surface area contributed by atoms with Gasteiger partial charge in [-0.05, 0) is 89.3 Å². The fourth-order valence-corrected chi connectivity index (χ4v) is 5.75. The van der Waals surface area contributed by atoms with Gasteiger partial charge in [-0.2, -0.15) is 0 Å². The van der Waals surface area contributed by atoms with E-state index in [2.05, 4.69) is 5.32 Å². The van der Waals surface area contributed by atoms with E-state index in [-0.39, 0.29) is 37.2 Å². The lowest BCUT2D eigenvalue weighted by Crippen LogP contribution is -2.46. The average molecular weight is 588 g/mol. The molecular weight excluding hydrogens is 542 g/mol. The molecule has 0 spiro atoms. The predicted octanol–water partition coefficient (Wildman–Crippen LogP) is 3.83. The topological polar surface area (TPSA) is 135 Å². The third-order valence-electron chi connectivity index (χ3n) is 8.27. The SMILES string of the molecule is CC(C)(C)OC(=O)N1CCC(CCC(=O)N2CCC[C@@H](C(=O)NC[C@@H](CCc3ccc4c(c3)OCO4)C(=O)O)C2)CC1. The Labute approximate surface area is 247 Å². The van der Waals surface area contributed by atoms with Crippen molar-refractivity contribution in [2.24, 2.45) is 17.8 Å². The van der Waals surface area contributed by atoms with Crippen LogP contribution in [-0.4, -0.2) is 83.9 Å². The molecule has 11 heteroatoms. The molecule has 3 amide bonds. The van der Waals surface area contributed by atoms with Gasteiger partial charge in [0.05, 0.1) is 11.8 Å². The van der Waals surface area contributed by atoms with Gasteiger partial charge in [0, 0.05) is 39.1 Å². The van der Waals surface area contributed by atoms with Crippen molar-refractivity contribution in [1.29, 1.82) is 0 Å². The minimum absolute atomic E-state index is 0.0468. The summed E-state index contributed by atoms with van der Waals surface area (Å²) in [5.74, 6) is -0.444. The van der Waals surface area contributed by atoms with Gasteiger partial charge in [0.25, 0.3) is 0 Å². The number of amides is 3. The summed E-state index contributed by atoms with van der Waals surface area (Å²) in [6, 6.07) is 5.58. The Hall–Kier alpha value is -3.50. The number of benzene rings is 1. The molecule has 4 rings (SSSR count). The molecule has 11 nitrogen and oxygen atoms in total. The fraction of sp³-hybridized carbons (Fsp3) is 0.677. The first-order valence-corrected chi connectivity index (χ1v) is 15.1. The number of carbonyl (C=O) groups excluding carboxylic acids is 3. The predicted molar refractivity (Wildman–Crippen MR) is 154 cm³/mol. The Kier molecular flexibility index (Phi) is 10.6. The van der Waals surface area contributed by atoms with Crippen LogP contribution in [0.15, 0.2) is 18.2 Å². The zero-order chi connectivity index (χ0) is 30.3. The molecule has 2 atom stereocenters. The highest BCUT2D eigenvalue weighted by molar-refractivity contribution is 5.82. The summed E-state index contributed by atoms with van der Waals surface area (Å²) in [5, 5.41) is 12.6. The number of hydrogen-bond acceptors (Lipinski definition) is 7. The molecule has 0 bridgehead atoms. The Morgan fingerprint density at radius 2 is 1.79 bits per heavy atom. The first-order chi connectivity index (χ1) is 20.0. The number of aryl methyl sites for hydroxylation is 1. The van der Waals surface area contributed by atoms with Gasteiger partial charge in [0.2, 0.25) is 18.6 Å². The van der Waals surface area contributed by atoms with E-state index in [4.69, 9.17) is 14.2 Å². The molecule has 3 heterocycles. The van der Waals surface area contributed by atoms with Crippen LogP contribution in [-0.2, 0) is 25.5 Å². The van der Waals surface area contributed by atoms with E-state index in [1.165, 1.54) is 0 Å². The molecule has 2 saturated heterocycles. The highest BCUT2D eigenvalue weighted by atomic mass is 16.7. The maximum atomic E-state index is 13.0. The number of aliphatic carboxylic acids is 1. The number of carboxylic acid groups (broad SMARTS) is 1. The molecule has 2 fully saturated rings. The van der Waals surface area contributed by atoms with Gasteiger partial charge in [0.1, 0.15) is 5.60 Å². The number of piperidine rings is 2. The van der Waals surface area contributed by atoms with Crippen molar-refractivity contribution in [3.8, 4) is 11.5 Å². The van der Waals surface area contributed by atoms with Crippen LogP contribution in [0.25, 0.3) is 0 Å². The summed E-state index contributed by atoms with van der Waals surface area (Å²) in [5.41, 5.74) is 0.433. The quantitative estimate of drug-likeness (QED) is 0.422. The van der Waals surface area contributed by atoms with Crippen molar-refractivity contribution in [1.82, 2.24) is 15.1 Å². The second kappa shape index (κ2) is 14.1. The molecule has 3 aliphatic heterocycles. The third-order valence-corrected chi connectivity index (χ3v) is 8.27. The van der Waals surface area contributed by atoms with Crippen molar-refractivity contribution in [3.63, 3.8) is 0 Å². The van der Waals surface area contributed by atoms with Gasteiger partial charge in [-0.25, -0.2) is 4.79 Å². The highest BCUT2D eigenvalue weighted by Crippen LogP contribution is 2.33. The number of rotatable bonds is 10. The van der Waals surface area contributed by atoms with Crippen LogP contribution in [0.3, 0.4) is 0 Å². The van der Waals surface area contributed by atoms with E-state index >= 15 is 0 Å². The van der Waals surface area contributed by atoms with Gasteiger partial charge in [-0.3, -0.25) is 14.4 Å². The lowest BCUT2D eigenvalue weighted by molar-refractivity contribution is -0.142. The number of fused-ring (bicyclic) bond motifs is 1. The van der Waals surface area contributed by atoms with Crippen LogP contribution in [0.5, 0.6) is 11.5 Å². The Bertz CT molecular complexity index is 1130. The van der Waals surface area contributed by atoms with Crippen molar-refractivity contribution in [3.05, 3.63) is 23.8 Å². The van der Waals surface area contributed by atoms with Crippen molar-refractivity contribution in [2.75, 3.05) is 39.5 Å². The summed E-state index contributed by atoms with van der Waals surface area (Å²) in [6.07, 6.45) is 4.92. The minimum Gasteiger partial charge on any atom is -0.481 e. The third kappa shape index (κ3) is 9.00. The lowest BCUT2D eigenvalue weighted by Gasteiger charge is -2.34. The summed E-state index contributed by atoms with van der Waals surface area (Å²) < 4.78 is 16.2. The summed E-state index contributed by atoms with van der Waals surface area (Å²) in [4.78, 5) is 53.6. The number of ether oxygens (including phenoxy) is 3. The largest absolute Gasteiger partial charge is 0.481 e. The Balaban J connectivity index is 1.17. The first kappa shape index (κ1) is 31.4. The van der Waals surface area contributed by atoms with E-state index in [9.17, 15) is 24.3 Å². The Morgan fingerprint density at radius 3 is 2.50 bits per heavy atom. The first-order valence-electron chi connectivity index (χ1n) is 15.1. The molecule has 0 aromatic heterocycles. The van der Waals surface area contributed by atoms with Crippen LogP contribution in [0.2, 0.25) is 0 Å². The molecule has 232 valence electrons. The molecule has 1 aromatic rings. The second-order valence-corrected chi connectivity index (χ2v) is 12.6. The number of hydrogen-bond donors (Lipinski definition) is 2. The van der Waals surface area contributed by atoms with Gasteiger partial charge < -0.3 is 34.4 Å². The van der Waals surface area contributed by atoms with Gasteiger partial charge in [-0.1, -0.05) is 6.07 Å². The number of carbonyl (C=O) groups is 4. The standard InChI is InChI=1S/C31H45N3O8/c1-31(2,3)42-30(39)33-15-12-21(13-16-33)8-11-27(35)34-14-4-5-24(19-34)28(36)32-18-23(29(37)38)9-6-22-7-10-25-26(17-22)41-20-40-25/h7,10,17,21,23-24H,4-6,8-9,11-16,18-20H2,1-3H3,(H,32,36)(H,37,38)/t23-,24-/m1/s1. The number of nitrogens with zero attached hydrogens (tertiary/aromatic N) is 2. The molecule has 42 heavy (non-hydrogen) atoms. The maximum absolute atomic E-state index is 13.0. The number of nitrogens with one attached hydrogen (secondary N) is 1. The lowest BCUT2D eigenvalue weighted by atomic mass is 9.91. The van der Waals surface area contributed by atoms with Crippen molar-refractivity contribution in [2.45, 2.75) is 77.7 Å². The molecule has 0 aliphatic carbocycles. The van der Waals surface area contributed by atoms with Crippen LogP contribution >= 0.6 is 0 Å². The average Bonchev–Trinajstić information content (AvgIpc) is 3.43. The highest BCUT2D eigenvalue weighted by Gasteiger charge is 2.31. The minimum atomic E-state index is -0.951. The van der Waals surface area contributed by atoms with Crippen LogP contribution in [0.4, 0.5) is 4.79 Å². The van der Waals surface area contributed by atoms with Gasteiger partial charge in [0.15, 0.2) is 11.5 Å². The number of carboxylic acids is 1. The maximum Gasteiger partial charge on any atom is 0.410 e. The van der Waals surface area contributed by atoms with E-state index < -0.39 is 17.5 Å². The monoisotopic (exact) mass is 587 g/mol. The fourth-order valence-electron chi connectivity index (χ4n) is 5.75. The molecule has 0 saturated carbocycles. The van der Waals surface area contributed by atoms with Crippen LogP contribution in [0, 0.1) is 17.8 Å². The summed E-state index contributed by atoms with van der Waals surface area (Å²) in [6.45, 7) is 8.05. The number of likely N-dealkylation sites (tertiary alicyclic amines) is 2. The normalized spacial score (nSPS) is 19.7. The van der Waals surface area contributed by atoms with E-state index in [0.29, 0.717) is 69.3 Å². The molecule has 1 aromatic carbocycles. The second-order valence-electron chi connectivity index (χ2n) is 12.6. The summed E-state index contributed by atoms with van der Waals surface area (Å²) in [7, 11) is 0. The molecular formula is C31H45N3O8. The van der Waals surface area contributed by atoms with Gasteiger partial charge >= 0.3 is 12.1 Å². The zero-order valence-corrected chi connectivity index (χ0v) is 25.1. The van der Waals surface area contributed by atoms with Crippen molar-refractivity contribution < 1.29 is 38.5 Å². The van der Waals surface area contributed by atoms with E-state index in [0.717, 1.165) is 31.2 Å². The zero-order valence-electron chi connectivity index (χ0n) is 25.1.